The number of fused-ring (bicyclic) bond motifs is 4. The van der Waals surface area contributed by atoms with Crippen LogP contribution in [0, 0.1) is 0 Å². The molecule has 0 atom stereocenters. The van der Waals surface area contributed by atoms with Crippen LogP contribution in [0.2, 0.25) is 78.6 Å². The van der Waals surface area contributed by atoms with E-state index < -0.39 is 32.3 Å². The molecule has 2 aliphatic carbocycles. The van der Waals surface area contributed by atoms with Crippen LogP contribution in [0.3, 0.4) is 0 Å². The first kappa shape index (κ1) is 27.2. The van der Waals surface area contributed by atoms with E-state index in [0.717, 1.165) is 0 Å². The third kappa shape index (κ3) is 4.89. The van der Waals surface area contributed by atoms with Gasteiger partial charge in [0.15, 0.2) is 0 Å². The molecule has 2 aromatic rings. The fourth-order valence-electron chi connectivity index (χ4n) is 6.48. The van der Waals surface area contributed by atoms with Crippen LogP contribution in [0.4, 0.5) is 0 Å². The second-order valence-corrected chi connectivity index (χ2v) is 35.6. The first-order valence-electron chi connectivity index (χ1n) is 14.0. The maximum atomic E-state index is 5.77. The van der Waals surface area contributed by atoms with Crippen molar-refractivity contribution in [1.82, 2.24) is 9.97 Å². The van der Waals surface area contributed by atoms with E-state index in [2.05, 4.69) is 90.7 Å². The third-order valence-electron chi connectivity index (χ3n) is 8.25. The molecule has 0 bridgehead atoms. The largest absolute Gasteiger partial charge is 0.262 e. The summed E-state index contributed by atoms with van der Waals surface area (Å²) in [6.07, 6.45) is 7.37. The second-order valence-electron chi connectivity index (χ2n) is 15.6. The minimum absolute atomic E-state index is 0.0277. The molecule has 192 valence electrons. The lowest BCUT2D eigenvalue weighted by Gasteiger charge is -2.44. The lowest BCUT2D eigenvalue weighted by Crippen LogP contribution is -2.60. The Morgan fingerprint density at radius 1 is 0.543 bits per heavy atom. The van der Waals surface area contributed by atoms with Gasteiger partial charge in [0.2, 0.25) is 0 Å². The number of hydrogen-bond donors (Lipinski definition) is 0. The van der Waals surface area contributed by atoms with E-state index in [4.69, 9.17) is 9.97 Å². The van der Waals surface area contributed by atoms with Crippen molar-refractivity contribution in [2.45, 2.75) is 123 Å². The Balaban J connectivity index is 2.04. The van der Waals surface area contributed by atoms with Crippen molar-refractivity contribution in [2.24, 2.45) is 0 Å². The van der Waals surface area contributed by atoms with E-state index in [1.54, 1.807) is 21.5 Å². The van der Waals surface area contributed by atoms with Crippen LogP contribution < -0.4 is 21.0 Å². The SMILES string of the molecule is C[Si](C)(C)c1cc2c(nc1[Si](C)(C)C)C1(CCC2)CCCc2cc([Si](C)(C)C)c([Si](C)(C)C)nc21. The highest BCUT2D eigenvalue weighted by Crippen LogP contribution is 2.48. The summed E-state index contributed by atoms with van der Waals surface area (Å²) >= 11 is 0. The fraction of sp³-hybridized carbons (Fsp3) is 0.655. The van der Waals surface area contributed by atoms with Crippen molar-refractivity contribution in [3.8, 4) is 0 Å². The van der Waals surface area contributed by atoms with Crippen molar-refractivity contribution < 1.29 is 0 Å². The molecule has 0 fully saturated rings. The Labute approximate surface area is 219 Å². The number of pyridine rings is 2. The average molecular weight is 539 g/mol. The number of aromatic nitrogens is 2. The van der Waals surface area contributed by atoms with Crippen molar-refractivity contribution in [3.63, 3.8) is 0 Å². The van der Waals surface area contributed by atoms with Crippen LogP contribution in [0.5, 0.6) is 0 Å². The lowest BCUT2D eigenvalue weighted by atomic mass is 9.64. The van der Waals surface area contributed by atoms with Crippen molar-refractivity contribution >= 4 is 53.3 Å². The summed E-state index contributed by atoms with van der Waals surface area (Å²) < 4.78 is 0. The molecule has 35 heavy (non-hydrogen) atoms. The monoisotopic (exact) mass is 538 g/mol. The van der Waals surface area contributed by atoms with Crippen LogP contribution in [0.15, 0.2) is 12.1 Å². The Morgan fingerprint density at radius 3 is 1.17 bits per heavy atom. The zero-order chi connectivity index (χ0) is 26.2. The molecule has 2 aliphatic rings. The summed E-state index contributed by atoms with van der Waals surface area (Å²) in [7, 11) is -6.11. The topological polar surface area (TPSA) is 25.8 Å². The van der Waals surface area contributed by atoms with Gasteiger partial charge in [-0.15, -0.1) is 0 Å². The molecule has 2 nitrogen and oxygen atoms in total. The average Bonchev–Trinajstić information content (AvgIpc) is 2.70. The molecule has 0 unspecified atom stereocenters. The van der Waals surface area contributed by atoms with E-state index >= 15 is 0 Å². The van der Waals surface area contributed by atoms with Crippen LogP contribution in [-0.4, -0.2) is 42.3 Å². The molecule has 0 radical (unpaired) electrons. The highest BCUT2D eigenvalue weighted by Gasteiger charge is 2.46. The second kappa shape index (κ2) is 8.60. The Morgan fingerprint density at radius 2 is 0.886 bits per heavy atom. The van der Waals surface area contributed by atoms with Gasteiger partial charge in [0, 0.05) is 10.6 Å². The predicted octanol–water partition coefficient (Wildman–Crippen LogP) is 5.62. The summed E-state index contributed by atoms with van der Waals surface area (Å²) in [6.45, 7) is 30.0. The summed E-state index contributed by atoms with van der Waals surface area (Å²) in [5.41, 5.74) is 5.99. The Kier molecular flexibility index (Phi) is 6.69. The normalized spacial score (nSPS) is 18.4. The molecule has 0 amide bonds. The summed E-state index contributed by atoms with van der Waals surface area (Å²) in [4.78, 5) is 11.5. The van der Waals surface area contributed by atoms with E-state index in [9.17, 15) is 0 Å². The number of hydrogen-bond acceptors (Lipinski definition) is 2. The first-order valence-corrected chi connectivity index (χ1v) is 28.0. The quantitative estimate of drug-likeness (QED) is 0.472. The fourth-order valence-corrected chi connectivity index (χ4v) is 16.4. The molecular weight excluding hydrogens is 489 g/mol. The van der Waals surface area contributed by atoms with Crippen LogP contribution >= 0.6 is 0 Å². The zero-order valence-electron chi connectivity index (χ0n) is 24.8. The first-order chi connectivity index (χ1) is 15.9. The molecule has 2 heterocycles. The highest BCUT2D eigenvalue weighted by atomic mass is 28.3. The van der Waals surface area contributed by atoms with E-state index in [1.807, 2.05) is 0 Å². The Bertz CT molecular complexity index is 1050. The van der Waals surface area contributed by atoms with Crippen molar-refractivity contribution in [1.29, 1.82) is 0 Å². The van der Waals surface area contributed by atoms with Crippen molar-refractivity contribution in [3.05, 3.63) is 34.6 Å². The van der Waals surface area contributed by atoms with E-state index in [1.165, 1.54) is 60.5 Å². The molecule has 2 aromatic heterocycles. The molecule has 4 rings (SSSR count). The zero-order valence-corrected chi connectivity index (χ0v) is 28.8. The van der Waals surface area contributed by atoms with Gasteiger partial charge in [-0.3, -0.25) is 9.97 Å². The summed E-state index contributed by atoms with van der Waals surface area (Å²) in [5.74, 6) is 0. The minimum atomic E-state index is -1.58. The molecular formula is C29H50N2Si4. The molecule has 0 saturated heterocycles. The van der Waals surface area contributed by atoms with Crippen LogP contribution in [0.1, 0.15) is 48.2 Å². The highest BCUT2D eigenvalue weighted by molar-refractivity contribution is 6.98. The van der Waals surface area contributed by atoms with Gasteiger partial charge >= 0.3 is 0 Å². The van der Waals surface area contributed by atoms with Gasteiger partial charge in [0.05, 0.1) is 33.0 Å². The third-order valence-corrected chi connectivity index (χ3v) is 16.3. The van der Waals surface area contributed by atoms with Gasteiger partial charge in [-0.1, -0.05) is 90.7 Å². The maximum Gasteiger partial charge on any atom is 0.101 e. The molecule has 0 aromatic carbocycles. The van der Waals surface area contributed by atoms with Gasteiger partial charge in [-0.2, -0.15) is 0 Å². The van der Waals surface area contributed by atoms with E-state index in [-0.39, 0.29) is 5.41 Å². The van der Waals surface area contributed by atoms with Crippen LogP contribution in [-0.2, 0) is 18.3 Å². The Hall–Kier alpha value is -0.832. The summed E-state index contributed by atoms with van der Waals surface area (Å²) in [6, 6.07) is 5.29. The lowest BCUT2D eigenvalue weighted by molar-refractivity contribution is 0.349. The molecule has 0 N–H and O–H groups in total. The summed E-state index contributed by atoms with van der Waals surface area (Å²) in [5, 5.41) is 6.25. The smallest absolute Gasteiger partial charge is 0.101 e. The molecule has 0 saturated carbocycles. The number of nitrogens with zero attached hydrogens (tertiary/aromatic N) is 2. The molecule has 1 spiro atoms. The van der Waals surface area contributed by atoms with Gasteiger partial charge < -0.3 is 0 Å². The van der Waals surface area contributed by atoms with Gasteiger partial charge in [0.25, 0.3) is 0 Å². The molecule has 0 aliphatic heterocycles. The standard InChI is InChI=1S/C29H50N2Si4/c1-32(2,3)23-19-21-15-13-17-29(25(21)30-27(23)34(7,8)9)18-14-16-22-20-24(33(4,5)6)28(31-26(22)29)35(10,11)12/h19-20H,13-18H2,1-12H3. The van der Waals surface area contributed by atoms with Crippen LogP contribution in [0.25, 0.3) is 0 Å². The number of rotatable bonds is 4. The minimum Gasteiger partial charge on any atom is -0.262 e. The maximum absolute atomic E-state index is 5.77. The van der Waals surface area contributed by atoms with Gasteiger partial charge in [-0.05, 0) is 60.0 Å². The molecule has 6 heteroatoms. The van der Waals surface area contributed by atoms with Crippen molar-refractivity contribution in [2.75, 3.05) is 0 Å². The van der Waals surface area contributed by atoms with Gasteiger partial charge in [-0.25, -0.2) is 0 Å². The number of aryl methyl sites for hydroxylation is 2. The van der Waals surface area contributed by atoms with Gasteiger partial charge in [0.1, 0.15) is 16.1 Å². The van der Waals surface area contributed by atoms with E-state index in [0.29, 0.717) is 0 Å². The predicted molar refractivity (Wildman–Crippen MR) is 167 cm³/mol.